The summed E-state index contributed by atoms with van der Waals surface area (Å²) in [6.45, 7) is 0.351. The molecule has 0 spiro atoms. The monoisotopic (exact) mass is 274 g/mol. The molecule has 1 heterocycles. The molecule has 2 aromatic rings. The number of halogens is 1. The average Bonchev–Trinajstić information content (AvgIpc) is 2.85. The highest BCUT2D eigenvalue weighted by molar-refractivity contribution is 6.32. The van der Waals surface area contributed by atoms with Crippen molar-refractivity contribution in [2.45, 2.75) is 6.54 Å². The number of hydrogen-bond acceptors (Lipinski definition) is 3. The van der Waals surface area contributed by atoms with Gasteiger partial charge in [0.2, 0.25) is 5.22 Å². The topological polar surface area (TPSA) is 57.2 Å². The zero-order valence-corrected chi connectivity index (χ0v) is 10.8. The lowest BCUT2D eigenvalue weighted by Gasteiger charge is -2.19. The highest BCUT2D eigenvalue weighted by Gasteiger charge is 2.20. The predicted molar refractivity (Wildman–Crippen MR) is 70.5 cm³/mol. The van der Waals surface area contributed by atoms with Crippen LogP contribution in [0.4, 0.5) is 0 Å². The van der Waals surface area contributed by atoms with E-state index in [0.29, 0.717) is 6.54 Å². The van der Waals surface area contributed by atoms with Gasteiger partial charge in [0.25, 0.3) is 5.91 Å². The fourth-order valence-corrected chi connectivity index (χ4v) is 1.90. The van der Waals surface area contributed by atoms with Crippen LogP contribution in [0.25, 0.3) is 0 Å². The number of amides is 1. The van der Waals surface area contributed by atoms with Gasteiger partial charge in [-0.25, -0.2) is 0 Å². The zero-order chi connectivity index (χ0) is 13.7. The van der Waals surface area contributed by atoms with Crippen molar-refractivity contribution < 1.29 is 9.21 Å². The van der Waals surface area contributed by atoms with E-state index in [1.54, 1.807) is 0 Å². The van der Waals surface area contributed by atoms with E-state index in [0.717, 1.165) is 5.56 Å². The Kier molecular flexibility index (Phi) is 4.22. The van der Waals surface area contributed by atoms with E-state index < -0.39 is 0 Å². The van der Waals surface area contributed by atoms with E-state index in [2.05, 4.69) is 0 Å². The van der Waals surface area contributed by atoms with Gasteiger partial charge in [-0.1, -0.05) is 30.3 Å². The third-order valence-electron chi connectivity index (χ3n) is 2.61. The molecule has 0 fully saturated rings. The second-order valence-corrected chi connectivity index (χ2v) is 4.26. The molecule has 0 aliphatic heterocycles. The van der Waals surface area contributed by atoms with Crippen LogP contribution in [0, 0.1) is 11.3 Å². The van der Waals surface area contributed by atoms with Crippen molar-refractivity contribution in [3.63, 3.8) is 0 Å². The van der Waals surface area contributed by atoms with E-state index >= 15 is 0 Å². The maximum Gasteiger partial charge on any atom is 0.259 e. The lowest BCUT2D eigenvalue weighted by atomic mass is 10.2. The van der Waals surface area contributed by atoms with Gasteiger partial charge in [-0.2, -0.15) is 5.26 Å². The molecule has 0 N–H and O–H groups in total. The molecule has 2 rings (SSSR count). The number of rotatable bonds is 4. The van der Waals surface area contributed by atoms with Crippen LogP contribution >= 0.6 is 11.6 Å². The molecule has 1 aromatic carbocycles. The minimum Gasteiger partial charge on any atom is -0.452 e. The van der Waals surface area contributed by atoms with Gasteiger partial charge in [0.15, 0.2) is 0 Å². The molecule has 1 aromatic heterocycles. The highest BCUT2D eigenvalue weighted by atomic mass is 35.5. The molecule has 0 bridgehead atoms. The molecule has 0 saturated heterocycles. The number of furan rings is 1. The smallest absolute Gasteiger partial charge is 0.259 e. The number of hydrogen-bond donors (Lipinski definition) is 0. The summed E-state index contributed by atoms with van der Waals surface area (Å²) in [6, 6.07) is 12.9. The Morgan fingerprint density at radius 3 is 2.63 bits per heavy atom. The van der Waals surface area contributed by atoms with Crippen molar-refractivity contribution in [3.8, 4) is 6.07 Å². The molecule has 0 radical (unpaired) electrons. The number of benzene rings is 1. The largest absolute Gasteiger partial charge is 0.452 e. The first-order chi connectivity index (χ1) is 9.22. The second kappa shape index (κ2) is 6.07. The first-order valence-corrected chi connectivity index (χ1v) is 6.03. The average molecular weight is 275 g/mol. The van der Waals surface area contributed by atoms with Crippen molar-refractivity contribution in [3.05, 3.63) is 59.0 Å². The standard InChI is InChI=1S/C14H11ClN2O2/c15-13-12(6-9-19-13)14(18)17(8-7-16)10-11-4-2-1-3-5-11/h1-6,9H,8,10H2. The molecule has 1 amide bonds. The summed E-state index contributed by atoms with van der Waals surface area (Å²) < 4.78 is 4.90. The van der Waals surface area contributed by atoms with Crippen LogP contribution in [-0.2, 0) is 6.54 Å². The molecule has 96 valence electrons. The minimum absolute atomic E-state index is 0.00473. The van der Waals surface area contributed by atoms with Crippen LogP contribution in [0.2, 0.25) is 5.22 Å². The number of carbonyl (C=O) groups excluding carboxylic acids is 1. The Morgan fingerprint density at radius 1 is 1.32 bits per heavy atom. The zero-order valence-electron chi connectivity index (χ0n) is 10.0. The number of nitrogens with zero attached hydrogens (tertiary/aromatic N) is 2. The van der Waals surface area contributed by atoms with Crippen molar-refractivity contribution in [1.29, 1.82) is 5.26 Å². The van der Waals surface area contributed by atoms with Gasteiger partial charge < -0.3 is 9.32 Å². The van der Waals surface area contributed by atoms with Gasteiger partial charge in [-0.3, -0.25) is 4.79 Å². The third-order valence-corrected chi connectivity index (χ3v) is 2.91. The van der Waals surface area contributed by atoms with E-state index in [1.807, 2.05) is 36.4 Å². The molecular formula is C14H11ClN2O2. The van der Waals surface area contributed by atoms with Crippen LogP contribution < -0.4 is 0 Å². The van der Waals surface area contributed by atoms with Crippen molar-refractivity contribution in [2.24, 2.45) is 0 Å². The summed E-state index contributed by atoms with van der Waals surface area (Å²) in [5.74, 6) is -0.316. The van der Waals surface area contributed by atoms with Gasteiger partial charge in [-0.15, -0.1) is 0 Å². The Bertz CT molecular complexity index is 601. The molecule has 0 unspecified atom stereocenters. The van der Waals surface area contributed by atoms with Gasteiger partial charge in [0.1, 0.15) is 6.54 Å². The first-order valence-electron chi connectivity index (χ1n) is 5.65. The number of nitriles is 1. The van der Waals surface area contributed by atoms with Gasteiger partial charge in [0, 0.05) is 6.54 Å². The Balaban J connectivity index is 2.19. The Morgan fingerprint density at radius 2 is 2.05 bits per heavy atom. The fraction of sp³-hybridized carbons (Fsp3) is 0.143. The minimum atomic E-state index is -0.316. The highest BCUT2D eigenvalue weighted by Crippen LogP contribution is 2.19. The molecule has 4 nitrogen and oxygen atoms in total. The van der Waals surface area contributed by atoms with Crippen LogP contribution in [-0.4, -0.2) is 17.4 Å². The van der Waals surface area contributed by atoms with E-state index in [-0.39, 0.29) is 23.2 Å². The van der Waals surface area contributed by atoms with Crippen LogP contribution in [0.1, 0.15) is 15.9 Å². The molecule has 0 aliphatic rings. The van der Waals surface area contributed by atoms with Crippen molar-refractivity contribution in [1.82, 2.24) is 4.90 Å². The van der Waals surface area contributed by atoms with Crippen LogP contribution in [0.15, 0.2) is 47.1 Å². The molecule has 5 heteroatoms. The van der Waals surface area contributed by atoms with Crippen LogP contribution in [0.3, 0.4) is 0 Å². The normalized spacial score (nSPS) is 9.89. The van der Waals surface area contributed by atoms with Gasteiger partial charge in [0.05, 0.1) is 17.9 Å². The van der Waals surface area contributed by atoms with Crippen LogP contribution in [0.5, 0.6) is 0 Å². The fourth-order valence-electron chi connectivity index (χ4n) is 1.71. The molecule has 0 saturated carbocycles. The first kappa shape index (κ1) is 13.2. The summed E-state index contributed by atoms with van der Waals surface area (Å²) >= 11 is 5.78. The van der Waals surface area contributed by atoms with E-state index in [1.165, 1.54) is 17.2 Å². The molecule has 19 heavy (non-hydrogen) atoms. The summed E-state index contributed by atoms with van der Waals surface area (Å²) in [6.07, 6.45) is 1.35. The Hall–Kier alpha value is -2.25. The van der Waals surface area contributed by atoms with Gasteiger partial charge >= 0.3 is 0 Å². The SMILES string of the molecule is N#CCN(Cc1ccccc1)C(=O)c1ccoc1Cl. The lowest BCUT2D eigenvalue weighted by Crippen LogP contribution is -2.30. The van der Waals surface area contributed by atoms with E-state index in [9.17, 15) is 4.79 Å². The summed E-state index contributed by atoms with van der Waals surface area (Å²) in [7, 11) is 0. The number of carbonyl (C=O) groups is 1. The van der Waals surface area contributed by atoms with E-state index in [4.69, 9.17) is 21.3 Å². The maximum absolute atomic E-state index is 12.3. The molecular weight excluding hydrogens is 264 g/mol. The lowest BCUT2D eigenvalue weighted by molar-refractivity contribution is 0.0764. The third kappa shape index (κ3) is 3.15. The van der Waals surface area contributed by atoms with Crippen molar-refractivity contribution >= 4 is 17.5 Å². The van der Waals surface area contributed by atoms with Gasteiger partial charge in [-0.05, 0) is 23.2 Å². The summed E-state index contributed by atoms with van der Waals surface area (Å²) in [5, 5.41) is 8.87. The summed E-state index contributed by atoms with van der Waals surface area (Å²) in [5.41, 5.74) is 1.22. The summed E-state index contributed by atoms with van der Waals surface area (Å²) in [4.78, 5) is 13.7. The quantitative estimate of drug-likeness (QED) is 0.805. The second-order valence-electron chi connectivity index (χ2n) is 3.91. The predicted octanol–water partition coefficient (Wildman–Crippen LogP) is 3.10. The van der Waals surface area contributed by atoms with Crippen molar-refractivity contribution in [2.75, 3.05) is 6.54 Å². The molecule has 0 atom stereocenters. The Labute approximate surface area is 115 Å². The molecule has 0 aliphatic carbocycles. The maximum atomic E-state index is 12.3.